The highest BCUT2D eigenvalue weighted by Crippen LogP contribution is 2.45. The molecule has 0 amide bonds. The molecule has 0 aliphatic rings. The summed E-state index contributed by atoms with van der Waals surface area (Å²) in [5.74, 6) is 0. The van der Waals surface area contributed by atoms with Gasteiger partial charge in [0.1, 0.15) is 0 Å². The number of hydrogen-bond donors (Lipinski definition) is 0. The quantitative estimate of drug-likeness (QED) is 0.187. The topological polar surface area (TPSA) is 6.48 Å². The summed E-state index contributed by atoms with van der Waals surface area (Å²) in [5.41, 5.74) is 12.1. The molecule has 6 aromatic carbocycles. The second-order valence-corrected chi connectivity index (χ2v) is 14.6. The lowest BCUT2D eigenvalue weighted by atomic mass is 9.87. The molecule has 0 saturated heterocycles. The van der Waals surface area contributed by atoms with E-state index in [4.69, 9.17) is 0 Å². The maximum absolute atomic E-state index is 2.41. The van der Waals surface area contributed by atoms with Gasteiger partial charge in [0.2, 0.25) is 0 Å². The maximum Gasteiger partial charge on any atom is 0.0560 e. The highest BCUT2D eigenvalue weighted by Gasteiger charge is 2.22. The molecule has 2 heteroatoms. The Morgan fingerprint density at radius 2 is 0.783 bits per heavy atom. The molecule has 6 rings (SSSR count). The number of anilines is 6. The molecule has 0 N–H and O–H groups in total. The van der Waals surface area contributed by atoms with Crippen LogP contribution in [-0.4, -0.2) is 0 Å². The van der Waals surface area contributed by atoms with Gasteiger partial charge < -0.3 is 9.80 Å². The van der Waals surface area contributed by atoms with Crippen LogP contribution in [-0.2, 0) is 10.8 Å². The summed E-state index contributed by atoms with van der Waals surface area (Å²) in [5, 5.41) is 2.40. The Bertz CT molecular complexity index is 1940. The summed E-state index contributed by atoms with van der Waals surface area (Å²) in [6.45, 7) is 17.9. The predicted octanol–water partition coefficient (Wildman–Crippen LogP) is 13.0. The normalized spacial score (nSPS) is 11.9. The van der Waals surface area contributed by atoms with E-state index in [1.54, 1.807) is 0 Å². The fraction of sp³-hybridized carbons (Fsp3) is 0.227. The Labute approximate surface area is 276 Å². The van der Waals surface area contributed by atoms with Crippen LogP contribution < -0.4 is 9.80 Å². The minimum Gasteiger partial charge on any atom is -0.310 e. The van der Waals surface area contributed by atoms with Crippen LogP contribution in [0.15, 0.2) is 133 Å². The van der Waals surface area contributed by atoms with Gasteiger partial charge >= 0.3 is 0 Å². The standard InChI is InChI=1S/C44H46N2/c1-31-13-21-36(22-14-31)45(37-25-17-34(18-26-37)43(3,4)5)40-29-33-11-9-10-12-41(33)42(30-40)46(38-23-15-32(2)16-24-38)39-27-19-35(20-28-39)44(6,7)8/h9-30H,1-8H3. The van der Waals surface area contributed by atoms with Gasteiger partial charge in [0.25, 0.3) is 0 Å². The lowest BCUT2D eigenvalue weighted by Crippen LogP contribution is -2.15. The van der Waals surface area contributed by atoms with Gasteiger partial charge in [-0.15, -0.1) is 0 Å². The third-order valence-electron chi connectivity index (χ3n) is 8.89. The fourth-order valence-electron chi connectivity index (χ4n) is 6.07. The molecule has 0 saturated carbocycles. The fourth-order valence-corrected chi connectivity index (χ4v) is 6.07. The van der Waals surface area contributed by atoms with Gasteiger partial charge in [0.05, 0.1) is 5.69 Å². The molecule has 46 heavy (non-hydrogen) atoms. The van der Waals surface area contributed by atoms with Crippen LogP contribution in [0, 0.1) is 13.8 Å². The first kappa shape index (κ1) is 31.2. The van der Waals surface area contributed by atoms with Crippen molar-refractivity contribution in [1.82, 2.24) is 0 Å². The molecule has 0 aliphatic carbocycles. The first-order chi connectivity index (χ1) is 21.9. The molecule has 0 fully saturated rings. The highest BCUT2D eigenvalue weighted by molar-refractivity contribution is 6.02. The molecular weight excluding hydrogens is 556 g/mol. The van der Waals surface area contributed by atoms with Crippen molar-refractivity contribution in [2.24, 2.45) is 0 Å². The van der Waals surface area contributed by atoms with Gasteiger partial charge in [0, 0.05) is 33.8 Å². The summed E-state index contributed by atoms with van der Waals surface area (Å²) in [4.78, 5) is 4.80. The van der Waals surface area contributed by atoms with E-state index in [0.717, 1.165) is 34.1 Å². The van der Waals surface area contributed by atoms with Gasteiger partial charge in [-0.05, 0) is 102 Å². The molecule has 6 aromatic rings. The van der Waals surface area contributed by atoms with Crippen LogP contribution in [0.25, 0.3) is 10.8 Å². The molecule has 0 bridgehead atoms. The van der Waals surface area contributed by atoms with E-state index in [-0.39, 0.29) is 10.8 Å². The third-order valence-corrected chi connectivity index (χ3v) is 8.89. The Kier molecular flexibility index (Phi) is 8.25. The summed E-state index contributed by atoms with van der Waals surface area (Å²) >= 11 is 0. The minimum atomic E-state index is 0.0803. The minimum absolute atomic E-state index is 0.0803. The Morgan fingerprint density at radius 3 is 1.22 bits per heavy atom. The van der Waals surface area contributed by atoms with Gasteiger partial charge in [-0.25, -0.2) is 0 Å². The largest absolute Gasteiger partial charge is 0.310 e. The Hall–Kier alpha value is -4.82. The molecule has 0 unspecified atom stereocenters. The van der Waals surface area contributed by atoms with Gasteiger partial charge in [-0.1, -0.05) is 125 Å². The summed E-state index contributed by atoms with van der Waals surface area (Å²) < 4.78 is 0. The average Bonchev–Trinajstić information content (AvgIpc) is 3.03. The number of benzene rings is 6. The van der Waals surface area contributed by atoms with E-state index in [1.165, 1.54) is 33.0 Å². The predicted molar refractivity (Wildman–Crippen MR) is 200 cm³/mol. The second kappa shape index (κ2) is 12.2. The first-order valence-electron chi connectivity index (χ1n) is 16.4. The van der Waals surface area contributed by atoms with Crippen LogP contribution in [0.1, 0.15) is 63.8 Å². The summed E-state index contributed by atoms with van der Waals surface area (Å²) in [6, 6.07) is 49.3. The zero-order valence-corrected chi connectivity index (χ0v) is 28.6. The maximum atomic E-state index is 2.41. The van der Waals surface area contributed by atoms with Crippen molar-refractivity contribution in [3.8, 4) is 0 Å². The van der Waals surface area contributed by atoms with Crippen molar-refractivity contribution in [1.29, 1.82) is 0 Å². The second-order valence-electron chi connectivity index (χ2n) is 14.6. The average molecular weight is 603 g/mol. The molecular formula is C44H46N2. The van der Waals surface area contributed by atoms with Crippen molar-refractivity contribution in [3.05, 3.63) is 156 Å². The van der Waals surface area contributed by atoms with E-state index in [9.17, 15) is 0 Å². The van der Waals surface area contributed by atoms with Crippen LogP contribution >= 0.6 is 0 Å². The van der Waals surface area contributed by atoms with Gasteiger partial charge in [-0.2, -0.15) is 0 Å². The monoisotopic (exact) mass is 602 g/mol. The molecule has 0 radical (unpaired) electrons. The van der Waals surface area contributed by atoms with Crippen LogP contribution in [0.2, 0.25) is 0 Å². The van der Waals surface area contributed by atoms with E-state index in [1.807, 2.05) is 0 Å². The molecule has 2 nitrogen and oxygen atoms in total. The van der Waals surface area contributed by atoms with Crippen molar-refractivity contribution < 1.29 is 0 Å². The Balaban J connectivity index is 1.60. The summed E-state index contributed by atoms with van der Waals surface area (Å²) in [7, 11) is 0. The number of fused-ring (bicyclic) bond motifs is 1. The number of hydrogen-bond acceptors (Lipinski definition) is 2. The lowest BCUT2D eigenvalue weighted by Gasteiger charge is -2.31. The number of rotatable bonds is 6. The van der Waals surface area contributed by atoms with Crippen LogP contribution in [0.5, 0.6) is 0 Å². The van der Waals surface area contributed by atoms with Crippen LogP contribution in [0.4, 0.5) is 34.1 Å². The Morgan fingerprint density at radius 1 is 0.391 bits per heavy atom. The van der Waals surface area contributed by atoms with Gasteiger partial charge in [-0.3, -0.25) is 0 Å². The van der Waals surface area contributed by atoms with E-state index < -0.39 is 0 Å². The van der Waals surface area contributed by atoms with E-state index in [0.29, 0.717) is 0 Å². The molecule has 0 heterocycles. The summed E-state index contributed by atoms with van der Waals surface area (Å²) in [6.07, 6.45) is 0. The number of nitrogens with zero attached hydrogens (tertiary/aromatic N) is 2. The molecule has 0 spiro atoms. The number of aryl methyl sites for hydroxylation is 2. The zero-order chi connectivity index (χ0) is 32.6. The lowest BCUT2D eigenvalue weighted by molar-refractivity contribution is 0.590. The first-order valence-corrected chi connectivity index (χ1v) is 16.4. The van der Waals surface area contributed by atoms with E-state index in [2.05, 4.69) is 199 Å². The van der Waals surface area contributed by atoms with Crippen molar-refractivity contribution in [2.75, 3.05) is 9.80 Å². The van der Waals surface area contributed by atoms with Crippen molar-refractivity contribution in [3.63, 3.8) is 0 Å². The van der Waals surface area contributed by atoms with Crippen molar-refractivity contribution in [2.45, 2.75) is 66.2 Å². The molecule has 0 aliphatic heterocycles. The SMILES string of the molecule is Cc1ccc(N(c2ccc(C(C)(C)C)cc2)c2cc(N(c3ccc(C)cc3)c3ccc(C(C)(C)C)cc3)c3ccccc3c2)cc1. The highest BCUT2D eigenvalue weighted by atomic mass is 15.2. The zero-order valence-electron chi connectivity index (χ0n) is 28.6. The molecule has 232 valence electrons. The molecule has 0 atom stereocenters. The molecule has 0 aromatic heterocycles. The third kappa shape index (κ3) is 6.44. The smallest absolute Gasteiger partial charge is 0.0560 e. The van der Waals surface area contributed by atoms with Crippen molar-refractivity contribution >= 4 is 44.9 Å². The van der Waals surface area contributed by atoms with E-state index >= 15 is 0 Å². The van der Waals surface area contributed by atoms with Gasteiger partial charge in [0.15, 0.2) is 0 Å². The van der Waals surface area contributed by atoms with Crippen LogP contribution in [0.3, 0.4) is 0 Å².